The van der Waals surface area contributed by atoms with Crippen LogP contribution in [0, 0.1) is 12.7 Å². The molecular weight excluding hydrogens is 235 g/mol. The topological polar surface area (TPSA) is 68.3 Å². The molecule has 1 heterocycles. The first-order valence-electron chi connectivity index (χ1n) is 5.45. The standard InChI is InChI=1S/C13H13FN2O2/c1-8-2-4-10(18-8)7-16-13(17)11-5-3-9(15)6-12(11)14/h2-6H,7,15H2,1H3,(H,16,17). The van der Waals surface area contributed by atoms with Crippen molar-refractivity contribution in [3.05, 3.63) is 53.2 Å². The predicted molar refractivity (Wildman–Crippen MR) is 65.4 cm³/mol. The Hall–Kier alpha value is -2.30. The SMILES string of the molecule is Cc1ccc(CNC(=O)c2ccc(N)cc2F)o1. The van der Waals surface area contributed by atoms with Crippen LogP contribution in [0.15, 0.2) is 34.7 Å². The van der Waals surface area contributed by atoms with Gasteiger partial charge in [-0.25, -0.2) is 4.39 Å². The van der Waals surface area contributed by atoms with Crippen LogP contribution < -0.4 is 11.1 Å². The molecule has 0 aliphatic carbocycles. The van der Waals surface area contributed by atoms with Crippen molar-refractivity contribution < 1.29 is 13.6 Å². The number of nitrogens with two attached hydrogens (primary N) is 1. The molecule has 0 bridgehead atoms. The largest absolute Gasteiger partial charge is 0.465 e. The lowest BCUT2D eigenvalue weighted by Crippen LogP contribution is -2.23. The van der Waals surface area contributed by atoms with E-state index in [9.17, 15) is 9.18 Å². The average molecular weight is 248 g/mol. The van der Waals surface area contributed by atoms with E-state index in [2.05, 4.69) is 5.32 Å². The van der Waals surface area contributed by atoms with Gasteiger partial charge < -0.3 is 15.5 Å². The molecule has 18 heavy (non-hydrogen) atoms. The van der Waals surface area contributed by atoms with Gasteiger partial charge in [0, 0.05) is 5.69 Å². The zero-order valence-electron chi connectivity index (χ0n) is 9.87. The number of nitrogen functional groups attached to an aromatic ring is 1. The van der Waals surface area contributed by atoms with Crippen LogP contribution in [0.5, 0.6) is 0 Å². The molecule has 1 aromatic carbocycles. The monoisotopic (exact) mass is 248 g/mol. The number of anilines is 1. The van der Waals surface area contributed by atoms with Gasteiger partial charge in [0.15, 0.2) is 0 Å². The Balaban J connectivity index is 2.03. The first-order chi connectivity index (χ1) is 8.56. The number of halogens is 1. The van der Waals surface area contributed by atoms with Crippen molar-refractivity contribution in [2.45, 2.75) is 13.5 Å². The van der Waals surface area contributed by atoms with E-state index in [1.54, 1.807) is 12.1 Å². The summed E-state index contributed by atoms with van der Waals surface area (Å²) in [7, 11) is 0. The van der Waals surface area contributed by atoms with Crippen LogP contribution in [0.4, 0.5) is 10.1 Å². The lowest BCUT2D eigenvalue weighted by molar-refractivity contribution is 0.0944. The third-order valence-corrected chi connectivity index (χ3v) is 2.46. The van der Waals surface area contributed by atoms with E-state index in [0.29, 0.717) is 5.76 Å². The van der Waals surface area contributed by atoms with E-state index in [1.807, 2.05) is 6.92 Å². The number of hydrogen-bond acceptors (Lipinski definition) is 3. The first kappa shape index (κ1) is 12.2. The summed E-state index contributed by atoms with van der Waals surface area (Å²) in [6, 6.07) is 7.51. The maximum atomic E-state index is 13.5. The fourth-order valence-electron chi connectivity index (χ4n) is 1.56. The lowest BCUT2D eigenvalue weighted by Gasteiger charge is -2.05. The molecule has 0 atom stereocenters. The number of amides is 1. The lowest BCUT2D eigenvalue weighted by atomic mass is 10.2. The Bertz CT molecular complexity index is 578. The number of rotatable bonds is 3. The van der Waals surface area contributed by atoms with Crippen molar-refractivity contribution in [2.75, 3.05) is 5.73 Å². The van der Waals surface area contributed by atoms with Crippen molar-refractivity contribution >= 4 is 11.6 Å². The first-order valence-corrected chi connectivity index (χ1v) is 5.45. The molecule has 0 fully saturated rings. The quantitative estimate of drug-likeness (QED) is 0.818. The second-order valence-electron chi connectivity index (χ2n) is 3.93. The summed E-state index contributed by atoms with van der Waals surface area (Å²) in [6.07, 6.45) is 0. The van der Waals surface area contributed by atoms with E-state index in [4.69, 9.17) is 10.2 Å². The van der Waals surface area contributed by atoms with Gasteiger partial charge in [0.05, 0.1) is 12.1 Å². The van der Waals surface area contributed by atoms with Gasteiger partial charge in [0.1, 0.15) is 17.3 Å². The highest BCUT2D eigenvalue weighted by Crippen LogP contribution is 2.12. The van der Waals surface area contributed by atoms with Gasteiger partial charge >= 0.3 is 0 Å². The van der Waals surface area contributed by atoms with Crippen LogP contribution in [0.1, 0.15) is 21.9 Å². The van der Waals surface area contributed by atoms with Gasteiger partial charge in [-0.1, -0.05) is 0 Å². The van der Waals surface area contributed by atoms with E-state index in [0.717, 1.165) is 11.8 Å². The fraction of sp³-hybridized carbons (Fsp3) is 0.154. The maximum absolute atomic E-state index is 13.5. The normalized spacial score (nSPS) is 10.3. The van der Waals surface area contributed by atoms with Crippen LogP contribution in [0.2, 0.25) is 0 Å². The van der Waals surface area contributed by atoms with Crippen molar-refractivity contribution in [2.24, 2.45) is 0 Å². The van der Waals surface area contributed by atoms with Gasteiger partial charge in [0.2, 0.25) is 0 Å². The molecule has 1 amide bonds. The molecule has 1 aromatic heterocycles. The van der Waals surface area contributed by atoms with Crippen LogP contribution >= 0.6 is 0 Å². The molecule has 0 unspecified atom stereocenters. The van der Waals surface area contributed by atoms with E-state index >= 15 is 0 Å². The Morgan fingerprint density at radius 3 is 2.78 bits per heavy atom. The number of nitrogens with one attached hydrogen (secondary N) is 1. The number of furan rings is 1. The third kappa shape index (κ3) is 2.68. The Labute approximate surface area is 104 Å². The number of carbonyl (C=O) groups is 1. The highest BCUT2D eigenvalue weighted by atomic mass is 19.1. The summed E-state index contributed by atoms with van der Waals surface area (Å²) >= 11 is 0. The van der Waals surface area contributed by atoms with Crippen LogP contribution in [-0.4, -0.2) is 5.91 Å². The van der Waals surface area contributed by atoms with E-state index in [1.165, 1.54) is 12.1 Å². The number of carbonyl (C=O) groups excluding carboxylic acids is 1. The number of benzene rings is 1. The molecule has 0 radical (unpaired) electrons. The van der Waals surface area contributed by atoms with Crippen molar-refractivity contribution in [3.8, 4) is 0 Å². The zero-order valence-corrected chi connectivity index (χ0v) is 9.87. The molecule has 94 valence electrons. The van der Waals surface area contributed by atoms with Crippen molar-refractivity contribution in [3.63, 3.8) is 0 Å². The molecule has 4 nitrogen and oxygen atoms in total. The van der Waals surface area contributed by atoms with Crippen LogP contribution in [0.25, 0.3) is 0 Å². The highest BCUT2D eigenvalue weighted by Gasteiger charge is 2.11. The molecule has 0 saturated carbocycles. The molecule has 2 rings (SSSR count). The summed E-state index contributed by atoms with van der Waals surface area (Å²) in [6.45, 7) is 2.03. The van der Waals surface area contributed by atoms with E-state index in [-0.39, 0.29) is 17.8 Å². The maximum Gasteiger partial charge on any atom is 0.254 e. The summed E-state index contributed by atoms with van der Waals surface area (Å²) in [4.78, 5) is 11.7. The summed E-state index contributed by atoms with van der Waals surface area (Å²) in [5.41, 5.74) is 5.66. The molecule has 0 spiro atoms. The van der Waals surface area contributed by atoms with E-state index < -0.39 is 11.7 Å². The van der Waals surface area contributed by atoms with Crippen molar-refractivity contribution in [1.29, 1.82) is 0 Å². The summed E-state index contributed by atoms with van der Waals surface area (Å²) in [5, 5.41) is 2.58. The number of hydrogen-bond donors (Lipinski definition) is 2. The minimum atomic E-state index is -0.636. The fourth-order valence-corrected chi connectivity index (χ4v) is 1.56. The minimum absolute atomic E-state index is 0.0347. The van der Waals surface area contributed by atoms with Gasteiger partial charge in [-0.05, 0) is 37.3 Å². The molecule has 5 heteroatoms. The highest BCUT2D eigenvalue weighted by molar-refractivity contribution is 5.94. The predicted octanol–water partition coefficient (Wildman–Crippen LogP) is 2.24. The Kier molecular flexibility index (Phi) is 3.32. The third-order valence-electron chi connectivity index (χ3n) is 2.46. The van der Waals surface area contributed by atoms with Gasteiger partial charge in [-0.2, -0.15) is 0 Å². The van der Waals surface area contributed by atoms with Crippen LogP contribution in [-0.2, 0) is 6.54 Å². The average Bonchev–Trinajstić information content (AvgIpc) is 2.72. The molecule has 3 N–H and O–H groups in total. The molecule has 0 saturated heterocycles. The van der Waals surface area contributed by atoms with Crippen molar-refractivity contribution in [1.82, 2.24) is 5.32 Å². The molecule has 2 aromatic rings. The zero-order chi connectivity index (χ0) is 13.1. The smallest absolute Gasteiger partial charge is 0.254 e. The second-order valence-corrected chi connectivity index (χ2v) is 3.93. The molecule has 0 aliphatic heterocycles. The Morgan fingerprint density at radius 2 is 2.17 bits per heavy atom. The van der Waals surface area contributed by atoms with Crippen LogP contribution in [0.3, 0.4) is 0 Å². The summed E-state index contributed by atoms with van der Waals surface area (Å²) < 4.78 is 18.8. The molecule has 0 aliphatic rings. The van der Waals surface area contributed by atoms with Gasteiger partial charge in [-0.3, -0.25) is 4.79 Å². The van der Waals surface area contributed by atoms with Gasteiger partial charge in [-0.15, -0.1) is 0 Å². The Morgan fingerprint density at radius 1 is 1.39 bits per heavy atom. The minimum Gasteiger partial charge on any atom is -0.465 e. The molecular formula is C13H13FN2O2. The summed E-state index contributed by atoms with van der Waals surface area (Å²) in [5.74, 6) is 0.249. The number of aryl methyl sites for hydroxylation is 1. The van der Waals surface area contributed by atoms with Gasteiger partial charge in [0.25, 0.3) is 5.91 Å². The second kappa shape index (κ2) is 4.91.